The largest absolute Gasteiger partial charge is 0.481 e. The lowest BCUT2D eigenvalue weighted by Crippen LogP contribution is -2.57. The highest BCUT2D eigenvalue weighted by molar-refractivity contribution is 8.31. The molecule has 16 N–H and O–H groups in total. The number of halogens is 1. The molecular formula is C60H95FN12O23S. The summed E-state index contributed by atoms with van der Waals surface area (Å²) in [6.07, 6.45) is -3.03. The van der Waals surface area contributed by atoms with Crippen molar-refractivity contribution in [2.45, 2.75) is 157 Å². The minimum Gasteiger partial charge on any atom is -0.481 e. The van der Waals surface area contributed by atoms with E-state index in [0.717, 1.165) is 0 Å². The Labute approximate surface area is 561 Å². The van der Waals surface area contributed by atoms with Crippen molar-refractivity contribution in [3.8, 4) is 0 Å². The number of benzene rings is 1. The second-order valence-corrected chi connectivity index (χ2v) is 29.0. The van der Waals surface area contributed by atoms with E-state index < -0.39 is 191 Å². The van der Waals surface area contributed by atoms with Crippen LogP contribution in [0.25, 0.3) is 0 Å². The Bertz CT molecular complexity index is 2870. The molecule has 2 rings (SSSR count). The zero-order valence-corrected chi connectivity index (χ0v) is 56.2. The predicted octanol–water partition coefficient (Wildman–Crippen LogP) is -1.03. The summed E-state index contributed by atoms with van der Waals surface area (Å²) in [5, 5.41) is 95.0. The normalized spacial score (nSPS) is 15.7. The first-order valence-corrected chi connectivity index (χ1v) is 32.8. The van der Waals surface area contributed by atoms with E-state index in [0.29, 0.717) is 4.90 Å². The van der Waals surface area contributed by atoms with Gasteiger partial charge in [-0.2, -0.15) is 3.89 Å². The SMILES string of the molecule is CC(C)(C)S(F)(c1ccc(C(=O)NCC(NC(=O)CN2CCN(CC(=O)O)CCN(CC(=O)O)CCN(CC(=O)O)CC2)C(=O)NC(CCCCNC(=O)CCC(=O)NCCCC(NC(=O)CC[C@H](NC(=O)N[C@@H](CCC(=O)O)C(=O)O)C(=O)O)C(=O)O)C(=O)O)cc1)C(C)(C)C. The second kappa shape index (κ2) is 41.3. The van der Waals surface area contributed by atoms with Crippen molar-refractivity contribution < 1.29 is 117 Å². The van der Waals surface area contributed by atoms with Crippen LogP contribution < -0.4 is 42.5 Å². The monoisotopic (exact) mass is 1400 g/mol. The topological polar surface area (TPSA) is 527 Å². The Kier molecular flexibility index (Phi) is 35.9. The van der Waals surface area contributed by atoms with Gasteiger partial charge in [-0.3, -0.25) is 67.5 Å². The minimum atomic E-state index is -2.99. The van der Waals surface area contributed by atoms with Crippen molar-refractivity contribution in [2.24, 2.45) is 0 Å². The summed E-state index contributed by atoms with van der Waals surface area (Å²) >= 11 is 0. The number of hydrogen-bond donors (Lipinski definition) is 16. The van der Waals surface area contributed by atoms with Crippen molar-refractivity contribution in [1.82, 2.24) is 62.1 Å². The van der Waals surface area contributed by atoms with Crippen molar-refractivity contribution in [2.75, 3.05) is 98.2 Å². The number of aliphatic carboxylic acids is 8. The molecule has 8 amide bonds. The number of carboxylic acids is 8. The van der Waals surface area contributed by atoms with E-state index in [1.807, 2.05) is 10.6 Å². The molecule has 1 heterocycles. The van der Waals surface area contributed by atoms with E-state index in [4.69, 9.17) is 5.11 Å². The molecule has 1 fully saturated rings. The van der Waals surface area contributed by atoms with Gasteiger partial charge in [0.25, 0.3) is 5.91 Å². The van der Waals surface area contributed by atoms with Crippen LogP contribution in [0.15, 0.2) is 29.2 Å². The average molecular weight is 1400 g/mol. The van der Waals surface area contributed by atoms with Crippen molar-refractivity contribution in [3.63, 3.8) is 0 Å². The summed E-state index contributed by atoms with van der Waals surface area (Å²) in [5.41, 5.74) is 0.0666. The van der Waals surface area contributed by atoms with Gasteiger partial charge in [0.2, 0.25) is 29.5 Å². The smallest absolute Gasteiger partial charge is 0.326 e. The summed E-state index contributed by atoms with van der Waals surface area (Å²) in [6.45, 7) is 8.90. The third kappa shape index (κ3) is 32.2. The van der Waals surface area contributed by atoms with Crippen LogP contribution in [0, 0.1) is 0 Å². The Morgan fingerprint density at radius 2 is 0.784 bits per heavy atom. The lowest BCUT2D eigenvalue weighted by atomic mass is 10.1. The van der Waals surface area contributed by atoms with Crippen LogP contribution >= 0.6 is 10.4 Å². The molecule has 0 bridgehead atoms. The van der Waals surface area contributed by atoms with Gasteiger partial charge >= 0.3 is 53.8 Å². The van der Waals surface area contributed by atoms with Gasteiger partial charge < -0.3 is 83.4 Å². The summed E-state index contributed by atoms with van der Waals surface area (Å²) in [6, 6.07) is -3.53. The molecule has 3 unspecified atom stereocenters. The maximum Gasteiger partial charge on any atom is 0.326 e. The number of rotatable bonds is 40. The van der Waals surface area contributed by atoms with Crippen LogP contribution in [0.1, 0.15) is 123 Å². The van der Waals surface area contributed by atoms with Crippen LogP contribution in [0.3, 0.4) is 0 Å². The van der Waals surface area contributed by atoms with Gasteiger partial charge in [-0.15, -0.1) is 0 Å². The van der Waals surface area contributed by atoms with Crippen LogP contribution in [0.4, 0.5) is 8.68 Å². The molecule has 5 atom stereocenters. The number of hydrogen-bond acceptors (Lipinski definition) is 19. The maximum absolute atomic E-state index is 17.1. The van der Waals surface area contributed by atoms with Crippen LogP contribution in [0.2, 0.25) is 0 Å². The molecule has 0 saturated carbocycles. The molecule has 97 heavy (non-hydrogen) atoms. The van der Waals surface area contributed by atoms with Crippen molar-refractivity contribution >= 4 is 99.6 Å². The summed E-state index contributed by atoms with van der Waals surface area (Å²) in [5.74, 6) is -15.7. The zero-order valence-electron chi connectivity index (χ0n) is 55.4. The Balaban J connectivity index is 2.11. The number of nitrogens with zero attached hydrogens (tertiary/aromatic N) is 4. The molecule has 37 heteroatoms. The maximum atomic E-state index is 17.1. The lowest BCUT2D eigenvalue weighted by molar-refractivity contribution is -0.143. The lowest BCUT2D eigenvalue weighted by Gasteiger charge is -2.52. The van der Waals surface area contributed by atoms with Crippen LogP contribution in [0.5, 0.6) is 0 Å². The van der Waals surface area contributed by atoms with Gasteiger partial charge in [0.1, 0.15) is 30.2 Å². The number of urea groups is 1. The van der Waals surface area contributed by atoms with E-state index in [1.165, 1.54) is 34.1 Å². The fourth-order valence-electron chi connectivity index (χ4n) is 10.3. The Morgan fingerprint density at radius 1 is 0.412 bits per heavy atom. The highest BCUT2D eigenvalue weighted by Crippen LogP contribution is 2.73. The summed E-state index contributed by atoms with van der Waals surface area (Å²) in [7, 11) is -2.99. The second-order valence-electron chi connectivity index (χ2n) is 25.0. The molecule has 1 aromatic rings. The van der Waals surface area contributed by atoms with E-state index in [-0.39, 0.29) is 123 Å². The van der Waals surface area contributed by atoms with Crippen molar-refractivity contribution in [1.29, 1.82) is 0 Å². The molecule has 1 saturated heterocycles. The predicted molar refractivity (Wildman–Crippen MR) is 344 cm³/mol. The third-order valence-electron chi connectivity index (χ3n) is 15.2. The number of nitrogens with one attached hydrogen (secondary N) is 8. The fourth-order valence-corrected chi connectivity index (χ4v) is 14.0. The Hall–Kier alpha value is -8.81. The van der Waals surface area contributed by atoms with E-state index in [1.54, 1.807) is 51.3 Å². The van der Waals surface area contributed by atoms with Gasteiger partial charge in [0, 0.05) is 118 Å². The number of unbranched alkanes of at least 4 members (excludes halogenated alkanes) is 1. The van der Waals surface area contributed by atoms with Gasteiger partial charge in [-0.25, -0.2) is 24.0 Å². The third-order valence-corrected chi connectivity index (χ3v) is 19.5. The highest BCUT2D eigenvalue weighted by atomic mass is 32.3. The van der Waals surface area contributed by atoms with Gasteiger partial charge in [0.05, 0.1) is 26.2 Å². The minimum absolute atomic E-state index is 0.00275. The number of carbonyl (C=O) groups excluding carboxylic acids is 7. The molecule has 0 aliphatic carbocycles. The summed E-state index contributed by atoms with van der Waals surface area (Å²) in [4.78, 5) is 192. The molecule has 546 valence electrons. The Morgan fingerprint density at radius 3 is 1.19 bits per heavy atom. The van der Waals surface area contributed by atoms with Gasteiger partial charge in [-0.1, -0.05) is 10.4 Å². The molecule has 1 aromatic carbocycles. The van der Waals surface area contributed by atoms with Crippen molar-refractivity contribution in [3.05, 3.63) is 29.8 Å². The molecule has 1 aliphatic heterocycles. The quantitative estimate of drug-likeness (QED) is 0.0350. The molecule has 0 spiro atoms. The number of carboxylic acid groups (broad SMARTS) is 8. The molecule has 1 aliphatic rings. The highest BCUT2D eigenvalue weighted by Gasteiger charge is 2.48. The zero-order chi connectivity index (χ0) is 73.4. The molecular weight excluding hydrogens is 1310 g/mol. The average Bonchev–Trinajstić information content (AvgIpc) is 0.749. The number of amides is 8. The van der Waals surface area contributed by atoms with Crippen LogP contribution in [-0.4, -0.2) is 288 Å². The number of carbonyl (C=O) groups is 15. The molecule has 0 aromatic heterocycles. The van der Waals surface area contributed by atoms with Crippen LogP contribution in [-0.2, 0) is 62.3 Å². The van der Waals surface area contributed by atoms with E-state index in [2.05, 4.69) is 31.9 Å². The first-order valence-electron chi connectivity index (χ1n) is 31.3. The van der Waals surface area contributed by atoms with E-state index >= 15 is 3.89 Å². The molecule has 0 radical (unpaired) electrons. The summed E-state index contributed by atoms with van der Waals surface area (Å²) < 4.78 is 15.5. The standard InChI is InChI=1S/C60H95FN12O23S/c1-59(2,3)97(61,60(4,5)6)38-14-12-37(13-15-38)52(86)64-32-43(66-47(77)33-70-24-26-71(34-49(80)81)28-30-73(36-51(84)85)31-29-72(27-25-70)35-50(82)83)53(87)67-40(55(90)91)10-7-8-22-62-44(74)19-20-45(75)63-23-9-11-39(54(88)89)65-46(76)18-16-41(56(92)93)68-58(96)69-42(57(94)95)17-21-48(78)79/h12-15,39-43H,7-11,16-36H2,1-6H3,(H,62,74)(H,63,75)(H,64,86)(H,65,76)(H,66,77)(H,67,87)(H,78,79)(H,80,81)(H,82,83)(H,84,85)(H,88,89)(H,90,91)(H,92,93)(H,94,95)(H2,68,69,96)/t39?,40?,41-,42-,43?/m0/s1. The van der Waals surface area contributed by atoms with Gasteiger partial charge in [0.15, 0.2) is 0 Å². The molecule has 35 nitrogen and oxygen atoms in total. The fraction of sp³-hybridized carbons (Fsp3) is 0.650. The first-order chi connectivity index (χ1) is 45.2. The first kappa shape index (κ1) is 84.3. The van der Waals surface area contributed by atoms with Gasteiger partial charge in [-0.05, 0) is 111 Å². The van der Waals surface area contributed by atoms with E-state index in [9.17, 15) is 108 Å².